The van der Waals surface area contributed by atoms with Gasteiger partial charge in [-0.1, -0.05) is 5.16 Å². The molecule has 1 N–H and O–H groups in total. The van der Waals surface area contributed by atoms with Crippen molar-refractivity contribution in [3.05, 3.63) is 66.0 Å². The van der Waals surface area contributed by atoms with Crippen molar-refractivity contribution < 1.29 is 27.2 Å². The van der Waals surface area contributed by atoms with E-state index in [0.29, 0.717) is 11.3 Å². The molecule has 0 fully saturated rings. The summed E-state index contributed by atoms with van der Waals surface area (Å²) in [5.41, 5.74) is 0.523. The summed E-state index contributed by atoms with van der Waals surface area (Å²) in [6, 6.07) is 9.87. The van der Waals surface area contributed by atoms with Crippen molar-refractivity contribution in [2.45, 2.75) is 13.0 Å². The molecule has 0 aliphatic rings. The molecule has 1 amide bonds. The minimum atomic E-state index is -1.02. The van der Waals surface area contributed by atoms with Crippen molar-refractivity contribution in [2.24, 2.45) is 0 Å². The summed E-state index contributed by atoms with van der Waals surface area (Å²) in [7, 11) is 0. The van der Waals surface area contributed by atoms with Crippen LogP contribution in [0.2, 0.25) is 0 Å². The molecular formula is C18H13F3N2O3. The summed E-state index contributed by atoms with van der Waals surface area (Å²) < 4.78 is 49.5. The second-order valence-corrected chi connectivity index (χ2v) is 5.41. The predicted molar refractivity (Wildman–Crippen MR) is 87.0 cm³/mol. The highest BCUT2D eigenvalue weighted by Crippen LogP contribution is 2.23. The Kier molecular flexibility index (Phi) is 4.92. The first-order chi connectivity index (χ1) is 12.4. The topological polar surface area (TPSA) is 64.4 Å². The molecule has 0 aliphatic heterocycles. The molecule has 0 aliphatic carbocycles. The van der Waals surface area contributed by atoms with Gasteiger partial charge in [-0.05, 0) is 49.4 Å². The van der Waals surface area contributed by atoms with E-state index in [1.165, 1.54) is 43.3 Å². The Balaban J connectivity index is 1.65. The summed E-state index contributed by atoms with van der Waals surface area (Å²) in [4.78, 5) is 12.1. The Morgan fingerprint density at radius 2 is 1.81 bits per heavy atom. The second kappa shape index (κ2) is 7.30. The van der Waals surface area contributed by atoms with Gasteiger partial charge < -0.3 is 9.26 Å². The predicted octanol–water partition coefficient (Wildman–Crippen LogP) is 4.16. The highest BCUT2D eigenvalue weighted by molar-refractivity contribution is 5.93. The SMILES string of the molecule is C[C@@H](Oc1ccc(F)cc1)C(=O)Nc1cc(-c2ccc(F)c(F)c2)no1. The average Bonchev–Trinajstić information content (AvgIpc) is 3.07. The van der Waals surface area contributed by atoms with Crippen LogP contribution in [0, 0.1) is 17.5 Å². The first-order valence-electron chi connectivity index (χ1n) is 7.57. The molecule has 0 saturated heterocycles. The van der Waals surface area contributed by atoms with Gasteiger partial charge in [-0.15, -0.1) is 0 Å². The van der Waals surface area contributed by atoms with Crippen LogP contribution in [-0.4, -0.2) is 17.2 Å². The quantitative estimate of drug-likeness (QED) is 0.740. The minimum absolute atomic E-state index is 0.0179. The Morgan fingerprint density at radius 3 is 2.50 bits per heavy atom. The minimum Gasteiger partial charge on any atom is -0.481 e. The number of aromatic nitrogens is 1. The van der Waals surface area contributed by atoms with E-state index in [4.69, 9.17) is 9.26 Å². The lowest BCUT2D eigenvalue weighted by molar-refractivity contribution is -0.122. The molecule has 0 bridgehead atoms. The van der Waals surface area contributed by atoms with E-state index in [-0.39, 0.29) is 11.6 Å². The molecule has 2 aromatic carbocycles. The molecular weight excluding hydrogens is 349 g/mol. The number of carbonyl (C=O) groups is 1. The summed E-state index contributed by atoms with van der Waals surface area (Å²) in [5.74, 6) is -2.59. The molecule has 3 rings (SSSR count). The third-order valence-corrected chi connectivity index (χ3v) is 3.47. The van der Waals surface area contributed by atoms with Crippen LogP contribution in [0.3, 0.4) is 0 Å². The fourth-order valence-electron chi connectivity index (χ4n) is 2.12. The normalized spacial score (nSPS) is 11.8. The summed E-state index contributed by atoms with van der Waals surface area (Å²) in [6.07, 6.45) is -0.891. The van der Waals surface area contributed by atoms with E-state index in [1.54, 1.807) is 0 Å². The molecule has 0 saturated carbocycles. The molecule has 8 heteroatoms. The van der Waals surface area contributed by atoms with Crippen molar-refractivity contribution in [3.63, 3.8) is 0 Å². The lowest BCUT2D eigenvalue weighted by atomic mass is 10.1. The van der Waals surface area contributed by atoms with Crippen LogP contribution >= 0.6 is 0 Å². The van der Waals surface area contributed by atoms with Crippen LogP contribution < -0.4 is 10.1 Å². The van der Waals surface area contributed by atoms with Gasteiger partial charge in [0.15, 0.2) is 17.7 Å². The van der Waals surface area contributed by atoms with Crippen LogP contribution in [0.4, 0.5) is 19.1 Å². The number of hydrogen-bond acceptors (Lipinski definition) is 4. The van der Waals surface area contributed by atoms with Crippen LogP contribution in [0.15, 0.2) is 53.1 Å². The molecule has 0 spiro atoms. The van der Waals surface area contributed by atoms with E-state index in [2.05, 4.69) is 10.5 Å². The number of nitrogens with one attached hydrogen (secondary N) is 1. The lowest BCUT2D eigenvalue weighted by Gasteiger charge is -2.13. The van der Waals surface area contributed by atoms with Gasteiger partial charge in [0.25, 0.3) is 5.91 Å². The summed E-state index contributed by atoms with van der Waals surface area (Å²) in [6.45, 7) is 1.51. The Labute approximate surface area is 146 Å². The van der Waals surface area contributed by atoms with E-state index in [1.807, 2.05) is 0 Å². The van der Waals surface area contributed by atoms with Crippen molar-refractivity contribution >= 4 is 11.8 Å². The van der Waals surface area contributed by atoms with Crippen molar-refractivity contribution in [1.29, 1.82) is 0 Å². The zero-order valence-corrected chi connectivity index (χ0v) is 13.5. The Bertz CT molecular complexity index is 926. The number of anilines is 1. The molecule has 5 nitrogen and oxygen atoms in total. The molecule has 1 heterocycles. The Morgan fingerprint density at radius 1 is 1.08 bits per heavy atom. The molecule has 0 radical (unpaired) electrons. The first-order valence-corrected chi connectivity index (χ1v) is 7.57. The highest BCUT2D eigenvalue weighted by Gasteiger charge is 2.18. The number of hydrogen-bond donors (Lipinski definition) is 1. The van der Waals surface area contributed by atoms with Gasteiger partial charge in [0.05, 0.1) is 0 Å². The second-order valence-electron chi connectivity index (χ2n) is 5.41. The molecule has 3 aromatic rings. The zero-order chi connectivity index (χ0) is 18.7. The maximum Gasteiger partial charge on any atom is 0.267 e. The van der Waals surface area contributed by atoms with Gasteiger partial charge in [-0.25, -0.2) is 13.2 Å². The van der Waals surface area contributed by atoms with Gasteiger partial charge in [0.2, 0.25) is 5.88 Å². The van der Waals surface area contributed by atoms with Crippen molar-refractivity contribution in [3.8, 4) is 17.0 Å². The lowest BCUT2D eigenvalue weighted by Crippen LogP contribution is -2.29. The molecule has 0 unspecified atom stereocenters. The third-order valence-electron chi connectivity index (χ3n) is 3.47. The number of carbonyl (C=O) groups excluding carboxylic acids is 1. The summed E-state index contributed by atoms with van der Waals surface area (Å²) in [5, 5.41) is 6.16. The average molecular weight is 362 g/mol. The maximum absolute atomic E-state index is 13.3. The fraction of sp³-hybridized carbons (Fsp3) is 0.111. The largest absolute Gasteiger partial charge is 0.481 e. The highest BCUT2D eigenvalue weighted by atomic mass is 19.2. The molecule has 26 heavy (non-hydrogen) atoms. The number of halogens is 3. The van der Waals surface area contributed by atoms with Crippen molar-refractivity contribution in [2.75, 3.05) is 5.32 Å². The first kappa shape index (κ1) is 17.5. The Hall–Kier alpha value is -3.29. The molecule has 134 valence electrons. The van der Waals surface area contributed by atoms with Gasteiger partial charge in [0.1, 0.15) is 17.3 Å². The van der Waals surface area contributed by atoms with Crippen LogP contribution in [0.1, 0.15) is 6.92 Å². The number of benzene rings is 2. The van der Waals surface area contributed by atoms with Gasteiger partial charge >= 0.3 is 0 Å². The summed E-state index contributed by atoms with van der Waals surface area (Å²) >= 11 is 0. The molecule has 1 aromatic heterocycles. The number of rotatable bonds is 5. The van der Waals surface area contributed by atoms with Crippen LogP contribution in [0.25, 0.3) is 11.3 Å². The van der Waals surface area contributed by atoms with Gasteiger partial charge in [-0.3, -0.25) is 10.1 Å². The smallest absolute Gasteiger partial charge is 0.267 e. The number of amides is 1. The monoisotopic (exact) mass is 362 g/mol. The molecule has 1 atom stereocenters. The van der Waals surface area contributed by atoms with Crippen LogP contribution in [0.5, 0.6) is 5.75 Å². The van der Waals surface area contributed by atoms with E-state index < -0.39 is 29.5 Å². The van der Waals surface area contributed by atoms with Gasteiger partial charge in [0, 0.05) is 11.6 Å². The standard InChI is InChI=1S/C18H13F3N2O3/c1-10(25-13-5-3-12(19)4-6-13)18(24)22-17-9-16(23-26-17)11-2-7-14(20)15(21)8-11/h2-10H,1H3,(H,22,24)/t10-/m1/s1. The van der Waals surface area contributed by atoms with Crippen LogP contribution in [-0.2, 0) is 4.79 Å². The maximum atomic E-state index is 13.3. The van der Waals surface area contributed by atoms with Gasteiger partial charge in [-0.2, -0.15) is 0 Å². The zero-order valence-electron chi connectivity index (χ0n) is 13.5. The van der Waals surface area contributed by atoms with Crippen molar-refractivity contribution in [1.82, 2.24) is 5.16 Å². The fourth-order valence-corrected chi connectivity index (χ4v) is 2.12. The third kappa shape index (κ3) is 4.02. The van der Waals surface area contributed by atoms with E-state index >= 15 is 0 Å². The van der Waals surface area contributed by atoms with E-state index in [9.17, 15) is 18.0 Å². The number of nitrogens with zero attached hydrogens (tertiary/aromatic N) is 1. The number of ether oxygens (including phenoxy) is 1. The van der Waals surface area contributed by atoms with E-state index in [0.717, 1.165) is 12.1 Å².